The maximum atomic E-state index is 13.0. The third-order valence-corrected chi connectivity index (χ3v) is 5.64. The van der Waals surface area contributed by atoms with Crippen LogP contribution in [0.2, 0.25) is 0 Å². The van der Waals surface area contributed by atoms with E-state index in [1.54, 1.807) is 0 Å². The topological polar surface area (TPSA) is 61.4 Å². The number of hydrogen-bond acceptors (Lipinski definition) is 3. The lowest BCUT2D eigenvalue weighted by atomic mass is 9.99. The lowest BCUT2D eigenvalue weighted by molar-refractivity contribution is -0.138. The molecule has 0 spiro atoms. The number of benzene rings is 2. The summed E-state index contributed by atoms with van der Waals surface area (Å²) in [6, 6.07) is 14.2. The molecule has 5 nitrogen and oxygen atoms in total. The van der Waals surface area contributed by atoms with Gasteiger partial charge in [-0.2, -0.15) is 0 Å². The molecule has 1 aliphatic heterocycles. The van der Waals surface area contributed by atoms with Crippen LogP contribution in [0.5, 0.6) is 0 Å². The first-order chi connectivity index (χ1) is 13.5. The molecule has 3 rings (SSSR count). The van der Waals surface area contributed by atoms with Gasteiger partial charge in [0.2, 0.25) is 11.8 Å². The fourth-order valence-corrected chi connectivity index (χ4v) is 3.86. The number of rotatable bonds is 6. The van der Waals surface area contributed by atoms with E-state index in [9.17, 15) is 9.59 Å². The number of nitrogens with one attached hydrogen (secondary N) is 2. The molecule has 1 heterocycles. The molecule has 1 aliphatic rings. The molecule has 29 heavy (non-hydrogen) atoms. The van der Waals surface area contributed by atoms with Crippen molar-refractivity contribution < 1.29 is 9.59 Å². The number of amides is 2. The molecule has 0 aromatic heterocycles. The summed E-state index contributed by atoms with van der Waals surface area (Å²) in [4.78, 5) is 27.5. The summed E-state index contributed by atoms with van der Waals surface area (Å²) < 4.78 is 0. The fraction of sp³-hybridized carbons (Fsp3) is 0.478. The Morgan fingerprint density at radius 1 is 1.07 bits per heavy atom. The number of nitrogens with zero attached hydrogens (tertiary/aromatic N) is 1. The molecule has 0 radical (unpaired) electrons. The van der Waals surface area contributed by atoms with Crippen molar-refractivity contribution in [2.45, 2.75) is 45.2 Å². The Labute approximate surface area is 179 Å². The minimum Gasteiger partial charge on any atom is -0.344 e. The molecular formula is C23H32ClN3O2. The molecule has 158 valence electrons. The van der Waals surface area contributed by atoms with Crippen LogP contribution in [0.4, 0.5) is 0 Å². The summed E-state index contributed by atoms with van der Waals surface area (Å²) in [5.74, 6) is -0.0149. The highest BCUT2D eigenvalue weighted by Gasteiger charge is 2.30. The first kappa shape index (κ1) is 23.2. The predicted octanol–water partition coefficient (Wildman–Crippen LogP) is 3.16. The highest BCUT2D eigenvalue weighted by atomic mass is 35.5. The van der Waals surface area contributed by atoms with Crippen LogP contribution in [-0.2, 0) is 16.0 Å². The Hall–Kier alpha value is -2.11. The van der Waals surface area contributed by atoms with Crippen molar-refractivity contribution in [3.05, 3.63) is 48.0 Å². The zero-order valence-electron chi connectivity index (χ0n) is 17.5. The molecule has 2 amide bonds. The molecule has 1 atom stereocenters. The van der Waals surface area contributed by atoms with E-state index in [2.05, 4.69) is 16.7 Å². The molecule has 0 aliphatic carbocycles. The van der Waals surface area contributed by atoms with Crippen molar-refractivity contribution in [2.24, 2.45) is 5.92 Å². The number of halogens is 1. The Morgan fingerprint density at radius 2 is 1.72 bits per heavy atom. The van der Waals surface area contributed by atoms with Gasteiger partial charge in [-0.05, 0) is 42.1 Å². The molecule has 2 aromatic carbocycles. The van der Waals surface area contributed by atoms with Crippen molar-refractivity contribution in [1.82, 2.24) is 15.5 Å². The third kappa shape index (κ3) is 5.94. The summed E-state index contributed by atoms with van der Waals surface area (Å²) in [6.45, 7) is 5.46. The quantitative estimate of drug-likeness (QED) is 0.758. The molecule has 0 bridgehead atoms. The molecule has 2 N–H and O–H groups in total. The van der Waals surface area contributed by atoms with Gasteiger partial charge < -0.3 is 15.5 Å². The fourth-order valence-electron chi connectivity index (χ4n) is 3.86. The smallest absolute Gasteiger partial charge is 0.245 e. The first-order valence-corrected chi connectivity index (χ1v) is 10.2. The van der Waals surface area contributed by atoms with Gasteiger partial charge in [0, 0.05) is 19.1 Å². The van der Waals surface area contributed by atoms with Gasteiger partial charge in [-0.15, -0.1) is 12.4 Å². The SMILES string of the molecule is CNC1CCN(C(=O)C(NC(=O)Cc2ccc3ccccc3c2)C(C)C)CC1.Cl. The summed E-state index contributed by atoms with van der Waals surface area (Å²) in [5.41, 5.74) is 0.959. The van der Waals surface area contributed by atoms with Gasteiger partial charge in [0.25, 0.3) is 0 Å². The minimum atomic E-state index is -0.473. The van der Waals surface area contributed by atoms with Crippen LogP contribution >= 0.6 is 12.4 Å². The number of carbonyl (C=O) groups is 2. The van der Waals surface area contributed by atoms with Gasteiger partial charge in [-0.25, -0.2) is 0 Å². The van der Waals surface area contributed by atoms with Crippen molar-refractivity contribution >= 4 is 35.0 Å². The molecule has 0 saturated carbocycles. The van der Waals surface area contributed by atoms with Crippen LogP contribution in [0, 0.1) is 5.92 Å². The highest BCUT2D eigenvalue weighted by Crippen LogP contribution is 2.17. The Balaban J connectivity index is 0.00000300. The van der Waals surface area contributed by atoms with Crippen molar-refractivity contribution in [3.63, 3.8) is 0 Å². The lowest BCUT2D eigenvalue weighted by Gasteiger charge is -2.35. The van der Waals surface area contributed by atoms with E-state index in [-0.39, 0.29) is 36.6 Å². The van der Waals surface area contributed by atoms with Crippen LogP contribution in [0.3, 0.4) is 0 Å². The van der Waals surface area contributed by atoms with Crippen LogP contribution in [0.15, 0.2) is 42.5 Å². The lowest BCUT2D eigenvalue weighted by Crippen LogP contribution is -2.54. The summed E-state index contributed by atoms with van der Waals surface area (Å²) in [6.07, 6.45) is 2.19. The van der Waals surface area contributed by atoms with Gasteiger partial charge >= 0.3 is 0 Å². The van der Waals surface area contributed by atoms with Crippen LogP contribution in [-0.4, -0.2) is 48.9 Å². The van der Waals surface area contributed by atoms with Crippen molar-refractivity contribution in [1.29, 1.82) is 0 Å². The van der Waals surface area contributed by atoms with Gasteiger partial charge in [0.1, 0.15) is 6.04 Å². The summed E-state index contributed by atoms with van der Waals surface area (Å²) >= 11 is 0. The highest BCUT2D eigenvalue weighted by molar-refractivity contribution is 5.90. The monoisotopic (exact) mass is 417 g/mol. The van der Waals surface area contributed by atoms with Crippen LogP contribution in [0.1, 0.15) is 32.3 Å². The maximum Gasteiger partial charge on any atom is 0.245 e. The number of hydrogen-bond donors (Lipinski definition) is 2. The van der Waals surface area contributed by atoms with Crippen LogP contribution < -0.4 is 10.6 Å². The van der Waals surface area contributed by atoms with Crippen LogP contribution in [0.25, 0.3) is 10.8 Å². The second-order valence-corrected chi connectivity index (χ2v) is 8.04. The standard InChI is InChI=1S/C23H31N3O2.ClH/c1-16(2)22(23(28)26-12-10-20(24-3)11-13-26)25-21(27)15-17-8-9-18-6-4-5-7-19(18)14-17;/h4-9,14,16,20,22,24H,10-13,15H2,1-3H3,(H,25,27);1H. The molecule has 2 aromatic rings. The van der Waals surface area contributed by atoms with E-state index in [0.717, 1.165) is 42.3 Å². The van der Waals surface area contributed by atoms with E-state index in [1.807, 2.05) is 62.2 Å². The van der Waals surface area contributed by atoms with Gasteiger partial charge in [-0.3, -0.25) is 9.59 Å². The van der Waals surface area contributed by atoms with Gasteiger partial charge in [0.05, 0.1) is 6.42 Å². The zero-order valence-corrected chi connectivity index (χ0v) is 18.3. The second kappa shape index (κ2) is 10.6. The van der Waals surface area contributed by atoms with E-state index in [1.165, 1.54) is 0 Å². The normalized spacial score (nSPS) is 15.8. The Morgan fingerprint density at radius 3 is 2.34 bits per heavy atom. The maximum absolute atomic E-state index is 13.0. The zero-order chi connectivity index (χ0) is 20.1. The van der Waals surface area contributed by atoms with Crippen molar-refractivity contribution in [3.8, 4) is 0 Å². The van der Waals surface area contributed by atoms with E-state index in [0.29, 0.717) is 6.04 Å². The van der Waals surface area contributed by atoms with Crippen molar-refractivity contribution in [2.75, 3.05) is 20.1 Å². The predicted molar refractivity (Wildman–Crippen MR) is 120 cm³/mol. The molecule has 6 heteroatoms. The first-order valence-electron chi connectivity index (χ1n) is 10.2. The number of piperidine rings is 1. The molecule has 1 saturated heterocycles. The average molecular weight is 418 g/mol. The number of fused-ring (bicyclic) bond motifs is 1. The van der Waals surface area contributed by atoms with E-state index < -0.39 is 6.04 Å². The third-order valence-electron chi connectivity index (χ3n) is 5.64. The summed E-state index contributed by atoms with van der Waals surface area (Å²) in [5, 5.41) is 8.55. The largest absolute Gasteiger partial charge is 0.344 e. The number of carbonyl (C=O) groups excluding carboxylic acids is 2. The average Bonchev–Trinajstić information content (AvgIpc) is 2.71. The Kier molecular flexibility index (Phi) is 8.47. The second-order valence-electron chi connectivity index (χ2n) is 8.04. The molecular weight excluding hydrogens is 386 g/mol. The number of likely N-dealkylation sites (tertiary alicyclic amines) is 1. The molecule has 1 fully saturated rings. The molecule has 1 unspecified atom stereocenters. The summed E-state index contributed by atoms with van der Waals surface area (Å²) in [7, 11) is 1.96. The van der Waals surface area contributed by atoms with Gasteiger partial charge in [-0.1, -0.05) is 56.3 Å². The van der Waals surface area contributed by atoms with E-state index >= 15 is 0 Å². The van der Waals surface area contributed by atoms with E-state index in [4.69, 9.17) is 0 Å². The Bertz CT molecular complexity index is 832. The minimum absolute atomic E-state index is 0. The van der Waals surface area contributed by atoms with Gasteiger partial charge in [0.15, 0.2) is 0 Å².